The molecule has 2 aromatic heterocycles. The van der Waals surface area contributed by atoms with E-state index >= 15 is 0 Å². The van der Waals surface area contributed by atoms with Gasteiger partial charge in [0.1, 0.15) is 17.0 Å². The van der Waals surface area contributed by atoms with Gasteiger partial charge in [0.15, 0.2) is 17.1 Å². The summed E-state index contributed by atoms with van der Waals surface area (Å²) in [6.07, 6.45) is 1.31. The topological polar surface area (TPSA) is 98.9 Å². The smallest absolute Gasteiger partial charge is 0.280 e. The molecule has 0 saturated heterocycles. The highest BCUT2D eigenvalue weighted by atomic mass is 19.1. The van der Waals surface area contributed by atoms with Gasteiger partial charge in [0.05, 0.1) is 25.8 Å². The van der Waals surface area contributed by atoms with Gasteiger partial charge in [0, 0.05) is 44.4 Å². The number of amides is 2. The number of aromatic nitrogens is 3. The molecule has 2 aliphatic rings. The first-order chi connectivity index (χ1) is 17.8. The maximum absolute atomic E-state index is 14.0. The molecule has 0 aliphatic carbocycles. The molecule has 10 nitrogen and oxygen atoms in total. The van der Waals surface area contributed by atoms with Crippen LogP contribution in [0.1, 0.15) is 59.3 Å². The van der Waals surface area contributed by atoms with E-state index in [0.717, 1.165) is 0 Å². The summed E-state index contributed by atoms with van der Waals surface area (Å²) in [5.41, 5.74) is 0.632. The minimum atomic E-state index is -0.513. The molecular weight excluding hydrogens is 481 g/mol. The second-order valence-electron chi connectivity index (χ2n) is 9.51. The molecule has 0 fully saturated rings. The average molecular weight is 512 g/mol. The first kappa shape index (κ1) is 24.8. The van der Waals surface area contributed by atoms with E-state index in [4.69, 9.17) is 9.47 Å². The van der Waals surface area contributed by atoms with Crippen LogP contribution < -0.4 is 15.0 Å². The molecule has 0 N–H and O–H groups in total. The molecule has 2 aliphatic heterocycles. The number of nitrogens with zero attached hydrogens (tertiary/aromatic N) is 5. The van der Waals surface area contributed by atoms with Crippen molar-refractivity contribution < 1.29 is 23.5 Å². The van der Waals surface area contributed by atoms with Gasteiger partial charge in [-0.2, -0.15) is 5.10 Å². The van der Waals surface area contributed by atoms with Crippen molar-refractivity contribution >= 4 is 22.7 Å². The Labute approximate surface area is 213 Å². The standard InChI is InChI=1S/C26H30FN5O5/c1-5-30-13-15(2)32-21-19(23(36-4)22(32)26(30)35)24(33)31-14-16-8-9-17(27)12-18(16)37-11-7-6-10-29(3)25(34)20(21)28-31/h8-9,12,15H,5-7,10-11,13-14H2,1-4H3. The summed E-state index contributed by atoms with van der Waals surface area (Å²) in [4.78, 5) is 44.3. The number of carbonyl (C=O) groups excluding carboxylic acids is 2. The van der Waals surface area contributed by atoms with E-state index in [2.05, 4.69) is 5.10 Å². The van der Waals surface area contributed by atoms with Gasteiger partial charge in [-0.1, -0.05) is 6.07 Å². The van der Waals surface area contributed by atoms with E-state index < -0.39 is 11.4 Å². The highest BCUT2D eigenvalue weighted by Crippen LogP contribution is 2.39. The van der Waals surface area contributed by atoms with Crippen LogP contribution in [0.3, 0.4) is 0 Å². The summed E-state index contributed by atoms with van der Waals surface area (Å²) in [5, 5.41) is 4.66. The zero-order chi connectivity index (χ0) is 26.4. The number of fused-ring (bicyclic) bond motifs is 7. The maximum atomic E-state index is 14.0. The molecule has 5 rings (SSSR count). The number of hydrogen-bond donors (Lipinski definition) is 0. The number of likely N-dealkylation sites (N-methyl/N-ethyl adjacent to an activating group) is 1. The number of benzene rings is 1. The molecule has 2 amide bonds. The number of hydrogen-bond acceptors (Lipinski definition) is 6. The largest absolute Gasteiger partial charge is 0.493 e. The minimum Gasteiger partial charge on any atom is -0.493 e. The summed E-state index contributed by atoms with van der Waals surface area (Å²) in [6, 6.07) is 3.91. The second kappa shape index (κ2) is 9.53. The third-order valence-electron chi connectivity index (χ3n) is 7.10. The second-order valence-corrected chi connectivity index (χ2v) is 9.51. The fraction of sp³-hybridized carbons (Fsp3) is 0.462. The molecule has 37 heavy (non-hydrogen) atoms. The monoisotopic (exact) mass is 511 g/mol. The van der Waals surface area contributed by atoms with Crippen molar-refractivity contribution in [2.75, 3.05) is 40.4 Å². The molecule has 11 heteroatoms. The Bertz CT molecular complexity index is 1460. The molecule has 1 atom stereocenters. The van der Waals surface area contributed by atoms with Gasteiger partial charge < -0.3 is 23.8 Å². The highest BCUT2D eigenvalue weighted by Gasteiger charge is 2.38. The number of carbonyl (C=O) groups is 2. The van der Waals surface area contributed by atoms with Crippen molar-refractivity contribution in [3.63, 3.8) is 0 Å². The van der Waals surface area contributed by atoms with E-state index in [9.17, 15) is 18.8 Å². The molecule has 1 aromatic carbocycles. The predicted octanol–water partition coefficient (Wildman–Crippen LogP) is 2.68. The summed E-state index contributed by atoms with van der Waals surface area (Å²) in [7, 11) is 3.09. The lowest BCUT2D eigenvalue weighted by Crippen LogP contribution is -2.42. The van der Waals surface area contributed by atoms with Crippen molar-refractivity contribution in [2.24, 2.45) is 0 Å². The van der Waals surface area contributed by atoms with Crippen molar-refractivity contribution in [3.05, 3.63) is 51.3 Å². The van der Waals surface area contributed by atoms with Crippen LogP contribution in [0.4, 0.5) is 4.39 Å². The summed E-state index contributed by atoms with van der Waals surface area (Å²) >= 11 is 0. The Kier molecular flexibility index (Phi) is 6.38. The lowest BCUT2D eigenvalue weighted by molar-refractivity contribution is 0.0683. The van der Waals surface area contributed by atoms with Gasteiger partial charge in [-0.05, 0) is 32.8 Å². The third kappa shape index (κ3) is 4.02. The van der Waals surface area contributed by atoms with Crippen molar-refractivity contribution in [1.29, 1.82) is 0 Å². The molecular formula is C26H30FN5O5. The van der Waals surface area contributed by atoms with Gasteiger partial charge in [-0.15, -0.1) is 0 Å². The molecule has 0 spiro atoms. The van der Waals surface area contributed by atoms with E-state index in [1.807, 2.05) is 13.8 Å². The van der Waals surface area contributed by atoms with Gasteiger partial charge in [-0.25, -0.2) is 9.07 Å². The van der Waals surface area contributed by atoms with Crippen molar-refractivity contribution in [2.45, 2.75) is 39.3 Å². The molecule has 0 radical (unpaired) electrons. The molecule has 4 heterocycles. The van der Waals surface area contributed by atoms with E-state index in [0.29, 0.717) is 55.9 Å². The van der Waals surface area contributed by atoms with Crippen LogP contribution in [0.5, 0.6) is 11.5 Å². The minimum absolute atomic E-state index is 0.0529. The van der Waals surface area contributed by atoms with Crippen LogP contribution in [0, 0.1) is 5.82 Å². The highest BCUT2D eigenvalue weighted by molar-refractivity contribution is 6.10. The SMILES string of the molecule is CCN1CC(C)n2c(c(OC)c3c(=O)n4nc(c32)C(=O)N(C)CCCCOc2cc(F)ccc2C4)C1=O. The van der Waals surface area contributed by atoms with E-state index in [-0.39, 0.29) is 46.9 Å². The van der Waals surface area contributed by atoms with Crippen molar-refractivity contribution in [3.8, 4) is 11.5 Å². The van der Waals surface area contributed by atoms with Crippen LogP contribution in [0.25, 0.3) is 10.9 Å². The fourth-order valence-electron chi connectivity index (χ4n) is 5.21. The lowest BCUT2D eigenvalue weighted by Gasteiger charge is -2.33. The predicted molar refractivity (Wildman–Crippen MR) is 134 cm³/mol. The Morgan fingerprint density at radius 3 is 2.70 bits per heavy atom. The maximum Gasteiger partial charge on any atom is 0.280 e. The van der Waals surface area contributed by atoms with Crippen LogP contribution in [-0.4, -0.2) is 76.4 Å². The Hall–Kier alpha value is -3.89. The molecule has 1 unspecified atom stereocenters. The summed E-state index contributed by atoms with van der Waals surface area (Å²) < 4.78 is 28.4. The van der Waals surface area contributed by atoms with Crippen LogP contribution in [0.2, 0.25) is 0 Å². The zero-order valence-electron chi connectivity index (χ0n) is 21.4. The Morgan fingerprint density at radius 2 is 1.97 bits per heavy atom. The first-order valence-electron chi connectivity index (χ1n) is 12.5. The molecule has 2 bridgehead atoms. The molecule has 0 saturated carbocycles. The molecule has 196 valence electrons. The number of halogens is 1. The number of ether oxygens (including phenoxy) is 2. The summed E-state index contributed by atoms with van der Waals surface area (Å²) in [6.45, 7) is 5.48. The summed E-state index contributed by atoms with van der Waals surface area (Å²) in [5.74, 6) is -0.638. The number of rotatable bonds is 2. The lowest BCUT2D eigenvalue weighted by atomic mass is 10.2. The Morgan fingerprint density at radius 1 is 1.19 bits per heavy atom. The zero-order valence-corrected chi connectivity index (χ0v) is 21.4. The van der Waals surface area contributed by atoms with Crippen molar-refractivity contribution in [1.82, 2.24) is 24.1 Å². The average Bonchev–Trinajstić information content (AvgIpc) is 3.24. The van der Waals surface area contributed by atoms with Crippen LogP contribution in [-0.2, 0) is 6.54 Å². The van der Waals surface area contributed by atoms with Gasteiger partial charge in [-0.3, -0.25) is 14.4 Å². The first-order valence-corrected chi connectivity index (χ1v) is 12.5. The normalized spacial score (nSPS) is 18.5. The van der Waals surface area contributed by atoms with Crippen LogP contribution in [0.15, 0.2) is 23.0 Å². The van der Waals surface area contributed by atoms with Gasteiger partial charge in [0.25, 0.3) is 17.4 Å². The van der Waals surface area contributed by atoms with Gasteiger partial charge >= 0.3 is 0 Å². The number of methoxy groups -OCH3 is 1. The quantitative estimate of drug-likeness (QED) is 0.525. The van der Waals surface area contributed by atoms with E-state index in [1.54, 1.807) is 27.5 Å². The van der Waals surface area contributed by atoms with Crippen LogP contribution >= 0.6 is 0 Å². The third-order valence-corrected chi connectivity index (χ3v) is 7.10. The Balaban J connectivity index is 1.84. The fourth-order valence-corrected chi connectivity index (χ4v) is 5.21. The molecule has 3 aromatic rings. The van der Waals surface area contributed by atoms with Gasteiger partial charge in [0.2, 0.25) is 0 Å². The van der Waals surface area contributed by atoms with E-state index in [1.165, 1.54) is 23.9 Å².